The van der Waals surface area contributed by atoms with Gasteiger partial charge in [0.05, 0.1) is 11.6 Å². The van der Waals surface area contributed by atoms with Crippen molar-refractivity contribution in [1.82, 2.24) is 9.80 Å². The molecular weight excluding hydrogens is 320 g/mol. The van der Waals surface area contributed by atoms with Gasteiger partial charge in [-0.3, -0.25) is 19.4 Å². The third-order valence-electron chi connectivity index (χ3n) is 3.83. The molecule has 1 aromatic carbocycles. The molecule has 0 aliphatic carbocycles. The van der Waals surface area contributed by atoms with Gasteiger partial charge in [0.1, 0.15) is 0 Å². The van der Waals surface area contributed by atoms with Crippen LogP contribution in [0.1, 0.15) is 24.8 Å². The molecule has 0 radical (unpaired) electrons. The van der Waals surface area contributed by atoms with Crippen LogP contribution in [-0.2, 0) is 4.79 Å². The molecule has 2 fully saturated rings. The second-order valence-electron chi connectivity index (χ2n) is 5.48. The van der Waals surface area contributed by atoms with Crippen LogP contribution in [-0.4, -0.2) is 40.7 Å². The maximum Gasteiger partial charge on any atom is 0.294 e. The first-order chi connectivity index (χ1) is 10.6. The average Bonchev–Trinajstić information content (AvgIpc) is 2.78. The zero-order valence-electron chi connectivity index (χ0n) is 12.1. The zero-order valence-corrected chi connectivity index (χ0v) is 13.7. The van der Waals surface area contributed by atoms with Crippen molar-refractivity contribution in [2.45, 2.75) is 19.3 Å². The second kappa shape index (κ2) is 6.86. The summed E-state index contributed by atoms with van der Waals surface area (Å²) in [6.45, 7) is 2.32. The fraction of sp³-hybridized carbons (Fsp3) is 0.375. The van der Waals surface area contributed by atoms with Crippen molar-refractivity contribution >= 4 is 40.6 Å². The molecule has 22 heavy (non-hydrogen) atoms. The Balaban J connectivity index is 1.71. The first kappa shape index (κ1) is 15.6. The number of imide groups is 1. The van der Waals surface area contributed by atoms with Crippen LogP contribution in [0.15, 0.2) is 29.2 Å². The Kier molecular flexibility index (Phi) is 4.86. The Hall–Kier alpha value is -1.30. The van der Waals surface area contributed by atoms with Crippen LogP contribution in [0.5, 0.6) is 0 Å². The number of piperidine rings is 1. The SMILES string of the molecule is O=C1S/C(=C\c2ccc(Cl)cc2)C(=O)N1CN1CCCCC1. The Bertz CT molecular complexity index is 609. The lowest BCUT2D eigenvalue weighted by Gasteiger charge is -2.29. The Morgan fingerprint density at radius 3 is 2.45 bits per heavy atom. The molecule has 2 amide bonds. The number of amides is 2. The van der Waals surface area contributed by atoms with Crippen LogP contribution in [0, 0.1) is 0 Å². The largest absolute Gasteiger partial charge is 0.294 e. The van der Waals surface area contributed by atoms with Gasteiger partial charge in [0.25, 0.3) is 11.1 Å². The standard InChI is InChI=1S/C16H17ClN2O2S/c17-13-6-4-12(5-7-13)10-14-15(20)19(16(21)22-14)11-18-8-2-1-3-9-18/h4-7,10H,1-3,8-9,11H2/b14-10-. The van der Waals surface area contributed by atoms with E-state index in [0.717, 1.165) is 43.3 Å². The number of carbonyl (C=O) groups excluding carboxylic acids is 2. The normalized spacial score (nSPS) is 21.9. The summed E-state index contributed by atoms with van der Waals surface area (Å²) in [6, 6.07) is 7.21. The second-order valence-corrected chi connectivity index (χ2v) is 6.91. The van der Waals surface area contributed by atoms with Gasteiger partial charge in [-0.1, -0.05) is 30.2 Å². The fourth-order valence-electron chi connectivity index (χ4n) is 2.63. The highest BCUT2D eigenvalue weighted by Crippen LogP contribution is 2.32. The number of rotatable bonds is 3. The van der Waals surface area contributed by atoms with E-state index in [1.165, 1.54) is 11.3 Å². The van der Waals surface area contributed by atoms with E-state index in [1.807, 2.05) is 12.1 Å². The van der Waals surface area contributed by atoms with E-state index in [9.17, 15) is 9.59 Å². The summed E-state index contributed by atoms with van der Waals surface area (Å²) in [5, 5.41) is 0.464. The van der Waals surface area contributed by atoms with Crippen molar-refractivity contribution in [3.63, 3.8) is 0 Å². The highest BCUT2D eigenvalue weighted by atomic mass is 35.5. The molecule has 0 saturated carbocycles. The Morgan fingerprint density at radius 1 is 1.09 bits per heavy atom. The topological polar surface area (TPSA) is 40.6 Å². The minimum absolute atomic E-state index is 0.184. The third-order valence-corrected chi connectivity index (χ3v) is 4.99. The van der Waals surface area contributed by atoms with Gasteiger partial charge in [0.2, 0.25) is 0 Å². The number of hydrogen-bond acceptors (Lipinski definition) is 4. The van der Waals surface area contributed by atoms with Crippen LogP contribution in [0.3, 0.4) is 0 Å². The van der Waals surface area contributed by atoms with Crippen molar-refractivity contribution < 1.29 is 9.59 Å². The maximum atomic E-state index is 12.4. The van der Waals surface area contributed by atoms with E-state index in [0.29, 0.717) is 16.6 Å². The molecular formula is C16H17ClN2O2S. The first-order valence-electron chi connectivity index (χ1n) is 7.37. The van der Waals surface area contributed by atoms with Crippen molar-refractivity contribution in [2.75, 3.05) is 19.8 Å². The Labute approximate surface area is 139 Å². The summed E-state index contributed by atoms with van der Waals surface area (Å²) in [4.78, 5) is 28.5. The molecule has 0 spiro atoms. The van der Waals surface area contributed by atoms with Crippen LogP contribution in [0.2, 0.25) is 5.02 Å². The highest BCUT2D eigenvalue weighted by molar-refractivity contribution is 8.18. The van der Waals surface area contributed by atoms with E-state index in [4.69, 9.17) is 11.6 Å². The quantitative estimate of drug-likeness (QED) is 0.787. The van der Waals surface area contributed by atoms with Gasteiger partial charge >= 0.3 is 0 Å². The molecule has 116 valence electrons. The van der Waals surface area contributed by atoms with Crippen molar-refractivity contribution in [3.05, 3.63) is 39.8 Å². The van der Waals surface area contributed by atoms with E-state index < -0.39 is 0 Å². The molecule has 6 heteroatoms. The minimum atomic E-state index is -0.199. The zero-order chi connectivity index (χ0) is 15.5. The van der Waals surface area contributed by atoms with E-state index in [1.54, 1.807) is 18.2 Å². The lowest BCUT2D eigenvalue weighted by atomic mass is 10.1. The van der Waals surface area contributed by atoms with Crippen molar-refractivity contribution in [2.24, 2.45) is 0 Å². The molecule has 1 aromatic rings. The van der Waals surface area contributed by atoms with Gasteiger partial charge in [-0.15, -0.1) is 0 Å². The lowest BCUT2D eigenvalue weighted by molar-refractivity contribution is -0.124. The number of nitrogens with zero attached hydrogens (tertiary/aromatic N) is 2. The molecule has 3 rings (SSSR count). The summed E-state index contributed by atoms with van der Waals surface area (Å²) < 4.78 is 0. The molecule has 2 aliphatic rings. The number of thioether (sulfide) groups is 1. The average molecular weight is 337 g/mol. The van der Waals surface area contributed by atoms with Crippen LogP contribution in [0.25, 0.3) is 6.08 Å². The minimum Gasteiger partial charge on any atom is -0.286 e. The summed E-state index contributed by atoms with van der Waals surface area (Å²) in [6.07, 6.45) is 5.25. The summed E-state index contributed by atoms with van der Waals surface area (Å²) in [7, 11) is 0. The smallest absolute Gasteiger partial charge is 0.286 e. The predicted octanol–water partition coefficient (Wildman–Crippen LogP) is 3.82. The lowest BCUT2D eigenvalue weighted by Crippen LogP contribution is -2.42. The molecule has 2 heterocycles. The summed E-state index contributed by atoms with van der Waals surface area (Å²) >= 11 is 6.86. The van der Waals surface area contributed by atoms with Gasteiger partial charge in [-0.25, -0.2) is 0 Å². The van der Waals surface area contributed by atoms with Gasteiger partial charge in [0.15, 0.2) is 0 Å². The van der Waals surface area contributed by atoms with Crippen molar-refractivity contribution in [3.8, 4) is 0 Å². The van der Waals surface area contributed by atoms with Gasteiger partial charge < -0.3 is 0 Å². The number of likely N-dealkylation sites (tertiary alicyclic amines) is 1. The van der Waals surface area contributed by atoms with Crippen LogP contribution < -0.4 is 0 Å². The van der Waals surface area contributed by atoms with Gasteiger partial charge in [-0.2, -0.15) is 0 Å². The number of halogens is 1. The molecule has 0 aromatic heterocycles. The molecule has 4 nitrogen and oxygen atoms in total. The van der Waals surface area contributed by atoms with Crippen LogP contribution >= 0.6 is 23.4 Å². The van der Waals surface area contributed by atoms with Gasteiger partial charge in [-0.05, 0) is 61.5 Å². The fourth-order valence-corrected chi connectivity index (χ4v) is 3.59. The number of hydrogen-bond donors (Lipinski definition) is 0. The molecule has 0 atom stereocenters. The molecule has 0 N–H and O–H groups in total. The van der Waals surface area contributed by atoms with E-state index in [-0.39, 0.29) is 11.1 Å². The predicted molar refractivity (Wildman–Crippen MR) is 89.6 cm³/mol. The van der Waals surface area contributed by atoms with E-state index >= 15 is 0 Å². The van der Waals surface area contributed by atoms with Crippen molar-refractivity contribution in [1.29, 1.82) is 0 Å². The first-order valence-corrected chi connectivity index (χ1v) is 8.56. The molecule has 0 unspecified atom stereocenters. The molecule has 2 saturated heterocycles. The van der Waals surface area contributed by atoms with Crippen LogP contribution in [0.4, 0.5) is 4.79 Å². The maximum absolute atomic E-state index is 12.4. The third kappa shape index (κ3) is 3.54. The van der Waals surface area contributed by atoms with Gasteiger partial charge in [0, 0.05) is 5.02 Å². The molecule has 0 bridgehead atoms. The number of benzene rings is 1. The number of carbonyl (C=O) groups is 2. The summed E-state index contributed by atoms with van der Waals surface area (Å²) in [5.41, 5.74) is 0.868. The highest BCUT2D eigenvalue weighted by Gasteiger charge is 2.36. The Morgan fingerprint density at radius 2 is 1.77 bits per heavy atom. The monoisotopic (exact) mass is 336 g/mol. The van der Waals surface area contributed by atoms with E-state index in [2.05, 4.69) is 4.90 Å². The summed E-state index contributed by atoms with van der Waals surface area (Å²) in [5.74, 6) is -0.199. The molecule has 2 aliphatic heterocycles.